The Hall–Kier alpha value is -2.60. The van der Waals surface area contributed by atoms with Crippen LogP contribution < -0.4 is 0 Å². The first-order chi connectivity index (χ1) is 14.8. The standard InChI is InChI=1S/C15H18FNO2.C10H11FO/c1-17-11-3-4-12(17)7-9(6-11)14-8-10(16)2-5-13(14)15(18)19;1-2-3-10(12)8-4-6-9(11)7-5-8/h2,5,8-9,11-12H,3-4,6-7H2,1H3,(H,18,19);4-7H,2-3H2,1H3/t9?,11-,12+;. The van der Waals surface area contributed by atoms with E-state index in [1.165, 1.54) is 55.3 Å². The first-order valence-corrected chi connectivity index (χ1v) is 10.8. The predicted octanol–water partition coefficient (Wildman–Crippen LogP) is 5.67. The van der Waals surface area contributed by atoms with Crippen LogP contribution in [0.4, 0.5) is 8.78 Å². The van der Waals surface area contributed by atoms with Gasteiger partial charge in [-0.1, -0.05) is 6.92 Å². The molecule has 2 aromatic carbocycles. The van der Waals surface area contributed by atoms with Gasteiger partial charge in [0.15, 0.2) is 5.78 Å². The number of Topliss-reactive ketones (excluding diaryl/α,β-unsaturated/α-hetero) is 1. The second kappa shape index (κ2) is 10.1. The Bertz CT molecular complexity index is 915. The maximum atomic E-state index is 13.4. The lowest BCUT2D eigenvalue weighted by Gasteiger charge is -2.37. The lowest BCUT2D eigenvalue weighted by atomic mass is 9.83. The number of aromatic carboxylic acids is 1. The van der Waals surface area contributed by atoms with Crippen LogP contribution in [0.15, 0.2) is 42.5 Å². The van der Waals surface area contributed by atoms with Crippen LogP contribution in [0.1, 0.15) is 77.6 Å². The van der Waals surface area contributed by atoms with Crippen molar-refractivity contribution in [1.82, 2.24) is 4.90 Å². The highest BCUT2D eigenvalue weighted by Gasteiger charge is 2.39. The summed E-state index contributed by atoms with van der Waals surface area (Å²) in [5, 5.41) is 9.25. The topological polar surface area (TPSA) is 57.6 Å². The summed E-state index contributed by atoms with van der Waals surface area (Å²) in [6.45, 7) is 1.95. The molecule has 3 atom stereocenters. The molecule has 0 aliphatic carbocycles. The molecule has 2 aliphatic rings. The summed E-state index contributed by atoms with van der Waals surface area (Å²) in [7, 11) is 2.14. The van der Waals surface area contributed by atoms with Gasteiger partial charge in [0.05, 0.1) is 5.56 Å². The molecule has 2 bridgehead atoms. The molecule has 2 heterocycles. The first-order valence-electron chi connectivity index (χ1n) is 10.8. The quantitative estimate of drug-likeness (QED) is 0.622. The summed E-state index contributed by atoms with van der Waals surface area (Å²) >= 11 is 0. The van der Waals surface area contributed by atoms with E-state index in [2.05, 4.69) is 11.9 Å². The van der Waals surface area contributed by atoms with Crippen LogP contribution in [-0.4, -0.2) is 40.9 Å². The van der Waals surface area contributed by atoms with Crippen LogP contribution in [0.2, 0.25) is 0 Å². The van der Waals surface area contributed by atoms with Gasteiger partial charge in [0, 0.05) is 24.1 Å². The Morgan fingerprint density at radius 3 is 2.13 bits per heavy atom. The third kappa shape index (κ3) is 5.56. The summed E-state index contributed by atoms with van der Waals surface area (Å²) in [6, 6.07) is 10.7. The number of rotatable bonds is 5. The molecule has 6 heteroatoms. The van der Waals surface area contributed by atoms with E-state index in [0.717, 1.165) is 19.3 Å². The van der Waals surface area contributed by atoms with Crippen molar-refractivity contribution < 1.29 is 23.5 Å². The van der Waals surface area contributed by atoms with Gasteiger partial charge in [0.25, 0.3) is 0 Å². The number of nitrogens with zero attached hydrogens (tertiary/aromatic N) is 1. The molecule has 0 radical (unpaired) electrons. The van der Waals surface area contributed by atoms with E-state index in [1.807, 2.05) is 6.92 Å². The molecule has 4 nitrogen and oxygen atoms in total. The smallest absolute Gasteiger partial charge is 0.335 e. The molecule has 0 amide bonds. The molecule has 2 fully saturated rings. The Morgan fingerprint density at radius 1 is 1.00 bits per heavy atom. The van der Waals surface area contributed by atoms with Gasteiger partial charge in [0.1, 0.15) is 11.6 Å². The van der Waals surface area contributed by atoms with Crippen molar-refractivity contribution in [2.75, 3.05) is 7.05 Å². The number of benzene rings is 2. The van der Waals surface area contributed by atoms with Crippen LogP contribution in [0.3, 0.4) is 0 Å². The van der Waals surface area contributed by atoms with Crippen LogP contribution in [0.5, 0.6) is 0 Å². The molecule has 0 saturated carbocycles. The lowest BCUT2D eigenvalue weighted by Crippen LogP contribution is -2.39. The zero-order valence-electron chi connectivity index (χ0n) is 18.0. The Labute approximate surface area is 181 Å². The minimum atomic E-state index is -0.957. The third-order valence-electron chi connectivity index (χ3n) is 6.43. The molecule has 31 heavy (non-hydrogen) atoms. The summed E-state index contributed by atoms with van der Waals surface area (Å²) in [4.78, 5) is 24.9. The molecule has 0 aromatic heterocycles. The Kier molecular flexibility index (Phi) is 7.55. The number of ketones is 1. The molecule has 1 unspecified atom stereocenters. The van der Waals surface area contributed by atoms with E-state index >= 15 is 0 Å². The van der Waals surface area contributed by atoms with E-state index in [9.17, 15) is 23.5 Å². The highest BCUT2D eigenvalue weighted by Crippen LogP contribution is 2.43. The number of piperidine rings is 1. The van der Waals surface area contributed by atoms with Crippen molar-refractivity contribution >= 4 is 11.8 Å². The van der Waals surface area contributed by atoms with Gasteiger partial charge in [-0.2, -0.15) is 0 Å². The molecular weight excluding hydrogens is 400 g/mol. The van der Waals surface area contributed by atoms with E-state index in [-0.39, 0.29) is 28.9 Å². The Balaban J connectivity index is 0.000000196. The maximum Gasteiger partial charge on any atom is 0.335 e. The predicted molar refractivity (Wildman–Crippen MR) is 116 cm³/mol. The van der Waals surface area contributed by atoms with Gasteiger partial charge < -0.3 is 10.0 Å². The summed E-state index contributed by atoms with van der Waals surface area (Å²) in [5.41, 5.74) is 1.53. The number of hydrogen-bond donors (Lipinski definition) is 1. The number of fused-ring (bicyclic) bond motifs is 2. The van der Waals surface area contributed by atoms with Crippen molar-refractivity contribution in [3.8, 4) is 0 Å². The minimum absolute atomic E-state index is 0.0810. The zero-order valence-corrected chi connectivity index (χ0v) is 18.0. The number of carboxylic acid groups (broad SMARTS) is 1. The minimum Gasteiger partial charge on any atom is -0.478 e. The number of halogens is 2. The highest BCUT2D eigenvalue weighted by molar-refractivity contribution is 5.95. The number of carboxylic acids is 1. The van der Waals surface area contributed by atoms with E-state index in [4.69, 9.17) is 0 Å². The first kappa shape index (κ1) is 23.1. The van der Waals surface area contributed by atoms with E-state index in [0.29, 0.717) is 29.6 Å². The van der Waals surface area contributed by atoms with Gasteiger partial charge in [-0.25, -0.2) is 13.6 Å². The number of hydrogen-bond acceptors (Lipinski definition) is 3. The van der Waals surface area contributed by atoms with Gasteiger partial charge in [-0.05, 0) is 93.1 Å². The second-order valence-electron chi connectivity index (χ2n) is 8.44. The molecule has 2 aromatic rings. The second-order valence-corrected chi connectivity index (χ2v) is 8.44. The fraction of sp³-hybridized carbons (Fsp3) is 0.440. The summed E-state index contributed by atoms with van der Waals surface area (Å²) in [6.07, 6.45) is 5.60. The van der Waals surface area contributed by atoms with E-state index < -0.39 is 5.97 Å². The molecule has 0 spiro atoms. The normalized spacial score (nSPS) is 22.5. The lowest BCUT2D eigenvalue weighted by molar-refractivity contribution is 0.0693. The maximum absolute atomic E-state index is 13.4. The molecule has 166 valence electrons. The summed E-state index contributed by atoms with van der Waals surface area (Å²) < 4.78 is 25.9. The molecular formula is C25H29F2NO3. The van der Waals surface area contributed by atoms with Crippen LogP contribution in [0, 0.1) is 11.6 Å². The third-order valence-corrected chi connectivity index (χ3v) is 6.43. The van der Waals surface area contributed by atoms with Gasteiger partial charge >= 0.3 is 5.97 Å². The van der Waals surface area contributed by atoms with Crippen LogP contribution in [0.25, 0.3) is 0 Å². The number of carbonyl (C=O) groups is 2. The Morgan fingerprint density at radius 2 is 1.58 bits per heavy atom. The van der Waals surface area contributed by atoms with Crippen molar-refractivity contribution in [2.24, 2.45) is 0 Å². The van der Waals surface area contributed by atoms with E-state index in [1.54, 1.807) is 0 Å². The van der Waals surface area contributed by atoms with Gasteiger partial charge in [-0.3, -0.25) is 4.79 Å². The molecule has 2 saturated heterocycles. The SMILES string of the molecule is CCCC(=O)c1ccc(F)cc1.CN1[C@@H]2CC[C@H]1CC(c1cc(F)ccc1C(=O)O)C2. The van der Waals surface area contributed by atoms with Crippen LogP contribution in [-0.2, 0) is 0 Å². The van der Waals surface area contributed by atoms with Crippen LogP contribution >= 0.6 is 0 Å². The molecule has 4 rings (SSSR count). The highest BCUT2D eigenvalue weighted by atomic mass is 19.1. The largest absolute Gasteiger partial charge is 0.478 e. The zero-order chi connectivity index (χ0) is 22.5. The van der Waals surface area contributed by atoms with Crippen molar-refractivity contribution in [3.63, 3.8) is 0 Å². The monoisotopic (exact) mass is 429 g/mol. The summed E-state index contributed by atoms with van der Waals surface area (Å²) in [5.74, 6) is -1.34. The average Bonchev–Trinajstić information content (AvgIpc) is 2.94. The molecule has 2 aliphatic heterocycles. The molecule has 1 N–H and O–H groups in total. The van der Waals surface area contributed by atoms with Crippen molar-refractivity contribution in [2.45, 2.75) is 63.5 Å². The van der Waals surface area contributed by atoms with Crippen molar-refractivity contribution in [3.05, 3.63) is 70.8 Å². The average molecular weight is 430 g/mol. The van der Waals surface area contributed by atoms with Crippen molar-refractivity contribution in [1.29, 1.82) is 0 Å². The van der Waals surface area contributed by atoms with Gasteiger partial charge in [0.2, 0.25) is 0 Å². The fourth-order valence-electron chi connectivity index (χ4n) is 4.74. The fourth-order valence-corrected chi connectivity index (χ4v) is 4.74. The number of carbonyl (C=O) groups excluding carboxylic acids is 1. The van der Waals surface area contributed by atoms with Gasteiger partial charge in [-0.15, -0.1) is 0 Å².